The van der Waals surface area contributed by atoms with Gasteiger partial charge in [-0.1, -0.05) is 0 Å². The van der Waals surface area contributed by atoms with E-state index in [0.29, 0.717) is 0 Å². The number of hydrogen-bond acceptors (Lipinski definition) is 21. The average Bonchev–Trinajstić information content (AvgIpc) is 2.92. The summed E-state index contributed by atoms with van der Waals surface area (Å²) in [4.78, 5) is 75.2. The molecule has 0 saturated carbocycles. The summed E-state index contributed by atoms with van der Waals surface area (Å²) in [5.74, 6) is -1.09. The zero-order valence-electron chi connectivity index (χ0n) is 23.5. The lowest BCUT2D eigenvalue weighted by Crippen LogP contribution is -2.27. The minimum Gasteiger partial charge on any atom is -0.458 e. The molecule has 0 radical (unpaired) electrons. The van der Waals surface area contributed by atoms with E-state index in [2.05, 4.69) is 46.9 Å². The fourth-order valence-corrected chi connectivity index (χ4v) is 2.46. The van der Waals surface area contributed by atoms with Crippen molar-refractivity contribution in [1.29, 1.82) is 0 Å². The van der Waals surface area contributed by atoms with Crippen molar-refractivity contribution in [3.63, 3.8) is 0 Å². The lowest BCUT2D eigenvalue weighted by Gasteiger charge is -2.13. The van der Waals surface area contributed by atoms with Crippen LogP contribution in [0.15, 0.2) is 12.3 Å². The average molecular weight is 742 g/mol. The van der Waals surface area contributed by atoms with Gasteiger partial charge in [0, 0.05) is 51.7 Å². The predicted molar refractivity (Wildman–Crippen MR) is 156 cm³/mol. The summed E-state index contributed by atoms with van der Waals surface area (Å²) in [6.45, 7) is 1.69. The second kappa shape index (κ2) is 35.5. The normalized spacial score (nSPS) is 11.6. The molecule has 0 aromatic heterocycles. The highest BCUT2D eigenvalue weighted by Crippen LogP contribution is 2.00. The third-order valence-corrected chi connectivity index (χ3v) is 3.83. The van der Waals surface area contributed by atoms with E-state index in [9.17, 15) is 50.0 Å². The van der Waals surface area contributed by atoms with Crippen molar-refractivity contribution in [2.75, 3.05) is 46.2 Å². The molecule has 0 heterocycles. The monoisotopic (exact) mass is 742 g/mol. The summed E-state index contributed by atoms with van der Waals surface area (Å²) in [5.41, 5.74) is 0. The number of nitrogens with zero attached hydrogens (tertiary/aromatic N) is 4. The fourth-order valence-electron chi connectivity index (χ4n) is 1.70. The first-order valence-corrected chi connectivity index (χ1v) is 13.0. The van der Waals surface area contributed by atoms with E-state index in [1.807, 2.05) is 37.9 Å². The van der Waals surface area contributed by atoms with E-state index >= 15 is 0 Å². The Bertz CT molecular complexity index is 820. The Balaban J connectivity index is -0.000000252. The smallest absolute Gasteiger partial charge is 0.303 e. The van der Waals surface area contributed by atoms with Gasteiger partial charge >= 0.3 is 11.9 Å². The van der Waals surface area contributed by atoms with Crippen LogP contribution in [0.5, 0.6) is 0 Å². The van der Waals surface area contributed by atoms with E-state index in [0.717, 1.165) is 6.26 Å². The molecule has 45 heavy (non-hydrogen) atoms. The Morgan fingerprint density at radius 1 is 0.644 bits per heavy atom. The first-order chi connectivity index (χ1) is 21.0. The zero-order chi connectivity index (χ0) is 35.6. The van der Waals surface area contributed by atoms with Gasteiger partial charge in [0.1, 0.15) is 38.1 Å². The molecule has 0 bridgehead atoms. The molecular formula is C16H34N4O21P4. The number of aliphatic hydroxyl groups excluding tert-OH is 1. The van der Waals surface area contributed by atoms with Gasteiger partial charge in [0.05, 0.1) is 32.7 Å². The van der Waals surface area contributed by atoms with Crippen LogP contribution < -0.4 is 0 Å². The van der Waals surface area contributed by atoms with Crippen molar-refractivity contribution < 1.29 is 82.0 Å². The molecule has 0 aromatic rings. The number of rotatable bonds is 21. The molecule has 0 spiro atoms. The van der Waals surface area contributed by atoms with E-state index < -0.39 is 50.6 Å². The second-order valence-electron chi connectivity index (χ2n) is 6.71. The minimum absolute atomic E-state index is 0.00148. The molecule has 0 saturated heterocycles. The molecule has 0 aromatic carbocycles. The SMILES string of the molecule is CC(=O)OC(COP)CO[N+](=O)[O-].CC(=O)OC(COP)CO[N+](=O)[O-].O=[N+]([O-])O/C=C\COP.O=[N+]([O-])OCC(O)COP. The van der Waals surface area contributed by atoms with Crippen molar-refractivity contribution in [2.24, 2.45) is 0 Å². The minimum atomic E-state index is -0.966. The topological polar surface area (TPSA) is 319 Å². The Hall–Kier alpha value is -3.00. The molecule has 0 rings (SSSR count). The van der Waals surface area contributed by atoms with Crippen LogP contribution in [0.2, 0.25) is 0 Å². The number of esters is 2. The van der Waals surface area contributed by atoms with Crippen LogP contribution in [-0.4, -0.2) is 102 Å². The maximum absolute atomic E-state index is 10.5. The van der Waals surface area contributed by atoms with Crippen LogP contribution in [-0.2, 0) is 56.5 Å². The summed E-state index contributed by atoms with van der Waals surface area (Å²) in [6, 6.07) is 0. The van der Waals surface area contributed by atoms with E-state index in [1.165, 1.54) is 19.9 Å². The fraction of sp³-hybridized carbons (Fsp3) is 0.750. The van der Waals surface area contributed by atoms with Crippen LogP contribution in [0.1, 0.15) is 13.8 Å². The van der Waals surface area contributed by atoms with Gasteiger partial charge in [0.25, 0.3) is 20.3 Å². The van der Waals surface area contributed by atoms with Gasteiger partial charge in [0.2, 0.25) is 0 Å². The molecule has 0 aliphatic heterocycles. The van der Waals surface area contributed by atoms with Crippen molar-refractivity contribution in [3.8, 4) is 0 Å². The number of hydrogen-bond donors (Lipinski definition) is 1. The molecule has 1 N–H and O–H groups in total. The Kier molecular flexibility index (Phi) is 38.5. The van der Waals surface area contributed by atoms with Gasteiger partial charge in [-0.3, -0.25) is 14.4 Å². The van der Waals surface area contributed by atoms with Gasteiger partial charge in [0.15, 0.2) is 0 Å². The Morgan fingerprint density at radius 2 is 1.02 bits per heavy atom. The first-order valence-electron chi connectivity index (χ1n) is 11.1. The lowest BCUT2D eigenvalue weighted by molar-refractivity contribution is -0.759. The van der Waals surface area contributed by atoms with E-state index in [1.54, 1.807) is 0 Å². The molecule has 0 fully saturated rings. The number of ether oxygens (including phenoxy) is 2. The van der Waals surface area contributed by atoms with Crippen LogP contribution in [0.4, 0.5) is 0 Å². The maximum Gasteiger partial charge on any atom is 0.303 e. The first kappa shape index (κ1) is 48.9. The Labute approximate surface area is 263 Å². The summed E-state index contributed by atoms with van der Waals surface area (Å²) < 4.78 is 27.3. The summed E-state index contributed by atoms with van der Waals surface area (Å²) >= 11 is 0. The highest BCUT2D eigenvalue weighted by Gasteiger charge is 2.14. The molecule has 0 aliphatic carbocycles. The highest BCUT2D eigenvalue weighted by atomic mass is 31.0. The number of aliphatic hydroxyl groups is 1. The Morgan fingerprint density at radius 3 is 1.31 bits per heavy atom. The van der Waals surface area contributed by atoms with Crippen LogP contribution in [0, 0.1) is 40.5 Å². The van der Waals surface area contributed by atoms with Gasteiger partial charge in [-0.15, -0.1) is 40.5 Å². The quantitative estimate of drug-likeness (QED) is 0.0520. The third kappa shape index (κ3) is 50.9. The molecule has 25 nitrogen and oxygen atoms in total. The predicted octanol–water partition coefficient (Wildman–Crippen LogP) is -0.256. The zero-order valence-corrected chi connectivity index (χ0v) is 28.2. The van der Waals surface area contributed by atoms with Crippen LogP contribution >= 0.6 is 37.9 Å². The second-order valence-corrected chi connectivity index (χ2v) is 8.04. The molecule has 7 atom stereocenters. The number of carbonyl (C=O) groups is 2. The molecule has 7 unspecified atom stereocenters. The van der Waals surface area contributed by atoms with Crippen molar-refractivity contribution in [2.45, 2.75) is 32.2 Å². The van der Waals surface area contributed by atoms with E-state index in [-0.39, 0.29) is 46.2 Å². The third-order valence-electron chi connectivity index (χ3n) is 3.06. The van der Waals surface area contributed by atoms with Crippen LogP contribution in [0.3, 0.4) is 0 Å². The van der Waals surface area contributed by atoms with Crippen LogP contribution in [0.25, 0.3) is 0 Å². The molecule has 0 amide bonds. The molecule has 264 valence electrons. The van der Waals surface area contributed by atoms with E-state index in [4.69, 9.17) is 5.11 Å². The standard InChI is InChI=1S/2C5H10NO6P.C3H8NO5P.C3H6NO4P/c2*1-4(7)12-5(3-11-13)2-10-6(8)9;5-3(2-9-10)1-8-4(6)7;5-4(6)7-2-1-3-8-9/h2*5H,2-3,13H2,1H3;3,5H,1-2,10H2;1-2H,3,9H2/b;;;2-1-. The number of carbonyl (C=O) groups excluding carboxylic acids is 2. The highest BCUT2D eigenvalue weighted by molar-refractivity contribution is 7.10. The molecular weight excluding hydrogens is 708 g/mol. The largest absolute Gasteiger partial charge is 0.458 e. The van der Waals surface area contributed by atoms with Crippen molar-refractivity contribution in [3.05, 3.63) is 52.8 Å². The van der Waals surface area contributed by atoms with Gasteiger partial charge in [-0.25, -0.2) is 0 Å². The summed E-state index contributed by atoms with van der Waals surface area (Å²) in [7, 11) is 7.79. The van der Waals surface area contributed by atoms with Crippen molar-refractivity contribution >= 4 is 49.8 Å². The van der Waals surface area contributed by atoms with Gasteiger partial charge in [-0.2, -0.15) is 0 Å². The van der Waals surface area contributed by atoms with Gasteiger partial charge in [-0.05, 0) is 6.08 Å². The summed E-state index contributed by atoms with van der Waals surface area (Å²) in [5, 5.41) is 43.5. The maximum atomic E-state index is 10.5. The summed E-state index contributed by atoms with van der Waals surface area (Å²) in [6.07, 6.45) is -0.163. The molecule has 0 aliphatic rings. The van der Waals surface area contributed by atoms with Gasteiger partial charge < -0.3 is 47.2 Å². The van der Waals surface area contributed by atoms with Crippen molar-refractivity contribution in [1.82, 2.24) is 0 Å². The molecule has 29 heteroatoms. The lowest BCUT2D eigenvalue weighted by atomic mass is 10.4.